The van der Waals surface area contributed by atoms with Gasteiger partial charge in [-0.1, -0.05) is 20.8 Å². The lowest BCUT2D eigenvalue weighted by atomic mass is 9.64. The van der Waals surface area contributed by atoms with Crippen molar-refractivity contribution in [3.05, 3.63) is 0 Å². The topological polar surface area (TPSA) is 72.9 Å². The molecular formula is C20H33N3O3. The molecule has 0 aromatic carbocycles. The lowest BCUT2D eigenvalue weighted by Gasteiger charge is -2.50. The highest BCUT2D eigenvalue weighted by molar-refractivity contribution is 5.89. The third-order valence-corrected chi connectivity index (χ3v) is 9.15. The molecule has 0 unspecified atom stereocenters. The number of fused-ring (bicyclic) bond motifs is 2. The third kappa shape index (κ3) is 1.95. The summed E-state index contributed by atoms with van der Waals surface area (Å²) in [7, 11) is 2.02. The maximum atomic E-state index is 13.6. The van der Waals surface area contributed by atoms with Crippen LogP contribution in [-0.4, -0.2) is 71.6 Å². The largest absolute Gasteiger partial charge is 0.393 e. The van der Waals surface area contributed by atoms with Crippen LogP contribution in [0.1, 0.15) is 52.9 Å². The zero-order valence-electron chi connectivity index (χ0n) is 16.6. The molecule has 0 aromatic rings. The monoisotopic (exact) mass is 363 g/mol. The number of hydrogen-bond acceptors (Lipinski definition) is 4. The average molecular weight is 364 g/mol. The first-order valence-corrected chi connectivity index (χ1v) is 10.1. The van der Waals surface area contributed by atoms with Gasteiger partial charge in [0, 0.05) is 26.2 Å². The number of likely N-dealkylation sites (N-methyl/N-ethyl adjacent to an activating group) is 1. The van der Waals surface area contributed by atoms with Crippen molar-refractivity contribution in [3.63, 3.8) is 0 Å². The maximum Gasteiger partial charge on any atom is 0.240 e. The number of nitrogens with zero attached hydrogens (tertiary/aromatic N) is 2. The summed E-state index contributed by atoms with van der Waals surface area (Å²) in [6, 6.07) is 0. The molecule has 0 aromatic heterocycles. The summed E-state index contributed by atoms with van der Waals surface area (Å²) in [5, 5.41) is 13.7. The Balaban J connectivity index is 1.54. The predicted octanol–water partition coefficient (Wildman–Crippen LogP) is 0.987. The Bertz CT molecular complexity index is 640. The molecule has 6 nitrogen and oxygen atoms in total. The zero-order valence-corrected chi connectivity index (χ0v) is 16.6. The zero-order chi connectivity index (χ0) is 19.0. The molecule has 2 saturated carbocycles. The fraction of sp³-hybridized carbons (Fsp3) is 0.900. The average Bonchev–Trinajstić information content (AvgIpc) is 2.90. The molecule has 3 atom stereocenters. The second-order valence-corrected chi connectivity index (χ2v) is 9.85. The van der Waals surface area contributed by atoms with Crippen molar-refractivity contribution >= 4 is 11.8 Å². The second kappa shape index (κ2) is 5.44. The number of carbonyl (C=O) groups excluding carboxylic acids is 2. The number of amides is 2. The summed E-state index contributed by atoms with van der Waals surface area (Å²) in [5.74, 6) is 0.318. The summed E-state index contributed by atoms with van der Waals surface area (Å²) < 4.78 is 0. The van der Waals surface area contributed by atoms with Gasteiger partial charge in [-0.05, 0) is 50.0 Å². The van der Waals surface area contributed by atoms with E-state index in [0.717, 1.165) is 19.4 Å². The molecule has 4 fully saturated rings. The van der Waals surface area contributed by atoms with Crippen LogP contribution in [0.25, 0.3) is 0 Å². The van der Waals surface area contributed by atoms with E-state index in [2.05, 4.69) is 31.0 Å². The van der Waals surface area contributed by atoms with Crippen molar-refractivity contribution in [3.8, 4) is 0 Å². The van der Waals surface area contributed by atoms with Crippen LogP contribution in [0.5, 0.6) is 0 Å². The number of piperazine rings is 1. The Hall–Kier alpha value is -1.14. The van der Waals surface area contributed by atoms with E-state index in [9.17, 15) is 14.7 Å². The summed E-state index contributed by atoms with van der Waals surface area (Å²) in [5.41, 5.74) is -1.29. The van der Waals surface area contributed by atoms with Crippen molar-refractivity contribution in [2.45, 2.75) is 64.5 Å². The molecule has 2 heterocycles. The maximum absolute atomic E-state index is 13.6. The molecule has 2 saturated heterocycles. The van der Waals surface area contributed by atoms with Crippen LogP contribution in [0.15, 0.2) is 0 Å². The molecule has 146 valence electrons. The van der Waals surface area contributed by atoms with Crippen molar-refractivity contribution in [1.82, 2.24) is 15.1 Å². The molecule has 1 spiro atoms. The van der Waals surface area contributed by atoms with Gasteiger partial charge in [0.2, 0.25) is 11.8 Å². The molecule has 6 heteroatoms. The minimum Gasteiger partial charge on any atom is -0.393 e. The van der Waals surface area contributed by atoms with Gasteiger partial charge in [0.1, 0.15) is 5.54 Å². The van der Waals surface area contributed by atoms with Crippen LogP contribution in [0.3, 0.4) is 0 Å². The van der Waals surface area contributed by atoms with Gasteiger partial charge in [0.15, 0.2) is 0 Å². The molecule has 2 N–H and O–H groups in total. The lowest BCUT2D eigenvalue weighted by molar-refractivity contribution is -0.154. The van der Waals surface area contributed by atoms with Crippen LogP contribution >= 0.6 is 0 Å². The van der Waals surface area contributed by atoms with Crippen LogP contribution in [0.2, 0.25) is 0 Å². The van der Waals surface area contributed by atoms with Gasteiger partial charge < -0.3 is 15.3 Å². The Morgan fingerprint density at radius 2 is 1.77 bits per heavy atom. The minimum absolute atomic E-state index is 0.113. The molecule has 2 amide bonds. The normalized spacial score (nSPS) is 41.5. The first-order valence-electron chi connectivity index (χ1n) is 10.1. The Morgan fingerprint density at radius 1 is 1.12 bits per heavy atom. The Morgan fingerprint density at radius 3 is 2.27 bits per heavy atom. The van der Waals surface area contributed by atoms with E-state index in [1.165, 1.54) is 0 Å². The highest BCUT2D eigenvalue weighted by atomic mass is 16.3. The van der Waals surface area contributed by atoms with Crippen LogP contribution in [0, 0.1) is 16.2 Å². The van der Waals surface area contributed by atoms with Gasteiger partial charge in [-0.3, -0.25) is 14.5 Å². The molecule has 0 radical (unpaired) electrons. The molecule has 4 aliphatic rings. The molecular weight excluding hydrogens is 330 g/mol. The lowest BCUT2D eigenvalue weighted by Crippen LogP contribution is -2.67. The molecule has 26 heavy (non-hydrogen) atoms. The number of aliphatic hydroxyl groups is 1. The Kier molecular flexibility index (Phi) is 3.82. The first-order chi connectivity index (χ1) is 12.1. The number of carbonyl (C=O) groups is 2. The summed E-state index contributed by atoms with van der Waals surface area (Å²) in [6.07, 6.45) is 3.35. The number of hydrogen-bond donors (Lipinski definition) is 2. The number of piperidine rings is 1. The van der Waals surface area contributed by atoms with Gasteiger partial charge >= 0.3 is 0 Å². The van der Waals surface area contributed by atoms with Crippen LogP contribution < -0.4 is 5.32 Å². The van der Waals surface area contributed by atoms with Crippen LogP contribution in [0.4, 0.5) is 0 Å². The van der Waals surface area contributed by atoms with E-state index >= 15 is 0 Å². The SMILES string of the molecule is CN1CCNC(=O)C12CCN(C(=O)[C@]13CC[C@](C)([C@@H](O)C1)C3(C)C)CC2. The van der Waals surface area contributed by atoms with Crippen molar-refractivity contribution in [2.75, 3.05) is 33.2 Å². The highest BCUT2D eigenvalue weighted by Crippen LogP contribution is 2.72. The number of rotatable bonds is 1. The van der Waals surface area contributed by atoms with E-state index in [0.29, 0.717) is 38.9 Å². The quantitative estimate of drug-likeness (QED) is 0.729. The van der Waals surface area contributed by atoms with Crippen LogP contribution in [-0.2, 0) is 9.59 Å². The smallest absolute Gasteiger partial charge is 0.240 e. The molecule has 2 aliphatic carbocycles. The fourth-order valence-electron chi connectivity index (χ4n) is 6.48. The van der Waals surface area contributed by atoms with E-state index in [1.54, 1.807) is 0 Å². The number of aliphatic hydroxyl groups excluding tert-OH is 1. The van der Waals surface area contributed by atoms with Gasteiger partial charge in [0.25, 0.3) is 0 Å². The summed E-state index contributed by atoms with van der Waals surface area (Å²) >= 11 is 0. The third-order valence-electron chi connectivity index (χ3n) is 9.15. The summed E-state index contributed by atoms with van der Waals surface area (Å²) in [4.78, 5) is 30.3. The summed E-state index contributed by atoms with van der Waals surface area (Å²) in [6.45, 7) is 9.30. The van der Waals surface area contributed by atoms with Crippen molar-refractivity contribution in [2.24, 2.45) is 16.2 Å². The fourth-order valence-corrected chi connectivity index (χ4v) is 6.48. The van der Waals surface area contributed by atoms with Gasteiger partial charge in [-0.25, -0.2) is 0 Å². The van der Waals surface area contributed by atoms with E-state index in [4.69, 9.17) is 0 Å². The van der Waals surface area contributed by atoms with Gasteiger partial charge in [0.05, 0.1) is 11.5 Å². The first kappa shape index (κ1) is 18.2. The Labute approximate surface area is 156 Å². The minimum atomic E-state index is -0.457. The highest BCUT2D eigenvalue weighted by Gasteiger charge is 2.72. The van der Waals surface area contributed by atoms with Gasteiger partial charge in [-0.15, -0.1) is 0 Å². The molecule has 2 aliphatic heterocycles. The van der Waals surface area contributed by atoms with Gasteiger partial charge in [-0.2, -0.15) is 0 Å². The predicted molar refractivity (Wildman–Crippen MR) is 98.4 cm³/mol. The molecule has 4 rings (SSSR count). The van der Waals surface area contributed by atoms with E-state index in [-0.39, 0.29) is 22.6 Å². The van der Waals surface area contributed by atoms with Crippen molar-refractivity contribution < 1.29 is 14.7 Å². The number of likely N-dealkylation sites (tertiary alicyclic amines) is 1. The standard InChI is InChI=1S/C20H33N3O3/c1-17(2)18(3)5-6-19(17,13-14(18)24)16(26)23-10-7-20(8-11-23)15(25)21-9-12-22(20)4/h14,24H,5-13H2,1-4H3,(H,21,25)/t14-,18+,19-/m0/s1. The second-order valence-electron chi connectivity index (χ2n) is 9.85. The van der Waals surface area contributed by atoms with E-state index in [1.807, 2.05) is 11.9 Å². The van der Waals surface area contributed by atoms with Crippen molar-refractivity contribution in [1.29, 1.82) is 0 Å². The number of nitrogens with one attached hydrogen (secondary N) is 1. The van der Waals surface area contributed by atoms with E-state index < -0.39 is 17.1 Å². The molecule has 2 bridgehead atoms.